The van der Waals surface area contributed by atoms with Crippen LogP contribution in [0.25, 0.3) is 0 Å². The number of morpholine rings is 1. The van der Waals surface area contributed by atoms with E-state index in [4.69, 9.17) is 9.47 Å². The van der Waals surface area contributed by atoms with Gasteiger partial charge in [-0.3, -0.25) is 4.79 Å². The molecule has 2 aliphatic heterocycles. The van der Waals surface area contributed by atoms with E-state index < -0.39 is 0 Å². The molecule has 21 heavy (non-hydrogen) atoms. The zero-order chi connectivity index (χ0) is 14.9. The number of nitrogens with zero attached hydrogens (tertiary/aromatic N) is 1. The van der Waals surface area contributed by atoms with Gasteiger partial charge in [-0.15, -0.1) is 0 Å². The minimum Gasteiger partial charge on any atom is -0.377 e. The fourth-order valence-corrected chi connectivity index (χ4v) is 3.24. The second kappa shape index (κ2) is 5.78. The molecule has 0 spiro atoms. The lowest BCUT2D eigenvalue weighted by Crippen LogP contribution is -2.55. The minimum atomic E-state index is -0.233. The number of carbonyl (C=O) groups is 1. The van der Waals surface area contributed by atoms with Gasteiger partial charge in [0.1, 0.15) is 0 Å². The van der Waals surface area contributed by atoms with Crippen LogP contribution in [0.5, 0.6) is 0 Å². The van der Waals surface area contributed by atoms with Gasteiger partial charge in [-0.2, -0.15) is 0 Å². The number of fused-ring (bicyclic) bond motifs is 1. The highest BCUT2D eigenvalue weighted by atomic mass is 16.5. The Kier molecular flexibility index (Phi) is 4.00. The van der Waals surface area contributed by atoms with Crippen LogP contribution < -0.4 is 0 Å². The van der Waals surface area contributed by atoms with Crippen LogP contribution in [0.1, 0.15) is 37.5 Å². The minimum absolute atomic E-state index is 0.110. The predicted molar refractivity (Wildman–Crippen MR) is 80.1 cm³/mol. The van der Waals surface area contributed by atoms with Gasteiger partial charge in [-0.25, -0.2) is 0 Å². The number of hydrogen-bond donors (Lipinski definition) is 0. The first kappa shape index (κ1) is 14.5. The number of carbonyl (C=O) groups excluding carboxylic acids is 1. The van der Waals surface area contributed by atoms with Gasteiger partial charge in [0.25, 0.3) is 0 Å². The SMILES string of the molecule is CC1(C)COCCN1C(=O)CC1OCCc2ccccc21. The normalized spacial score (nSPS) is 24.5. The Hall–Kier alpha value is -1.39. The maximum atomic E-state index is 12.7. The van der Waals surface area contributed by atoms with E-state index in [2.05, 4.69) is 26.0 Å². The number of benzene rings is 1. The molecule has 1 aromatic carbocycles. The van der Waals surface area contributed by atoms with Crippen LogP contribution in [-0.4, -0.2) is 42.7 Å². The van der Waals surface area contributed by atoms with Gasteiger partial charge in [-0.1, -0.05) is 24.3 Å². The van der Waals surface area contributed by atoms with Crippen molar-refractivity contribution >= 4 is 5.91 Å². The maximum Gasteiger partial charge on any atom is 0.226 e. The van der Waals surface area contributed by atoms with Crippen molar-refractivity contribution in [1.29, 1.82) is 0 Å². The quantitative estimate of drug-likeness (QED) is 0.839. The molecular formula is C17H23NO3. The Morgan fingerprint density at radius 2 is 2.14 bits per heavy atom. The molecule has 1 saturated heterocycles. The molecule has 2 heterocycles. The molecule has 4 nitrogen and oxygen atoms in total. The van der Waals surface area contributed by atoms with Crippen LogP contribution in [0, 0.1) is 0 Å². The average molecular weight is 289 g/mol. The summed E-state index contributed by atoms with van der Waals surface area (Å²) >= 11 is 0. The third-order valence-corrected chi connectivity index (χ3v) is 4.40. The molecule has 1 fully saturated rings. The smallest absolute Gasteiger partial charge is 0.226 e. The van der Waals surface area contributed by atoms with E-state index in [-0.39, 0.29) is 17.6 Å². The zero-order valence-electron chi connectivity index (χ0n) is 12.8. The van der Waals surface area contributed by atoms with E-state index in [9.17, 15) is 4.79 Å². The van der Waals surface area contributed by atoms with Gasteiger partial charge in [0.15, 0.2) is 0 Å². The number of rotatable bonds is 2. The molecule has 0 N–H and O–H groups in total. The molecule has 114 valence electrons. The Morgan fingerprint density at radius 1 is 1.33 bits per heavy atom. The lowest BCUT2D eigenvalue weighted by molar-refractivity contribution is -0.149. The second-order valence-corrected chi connectivity index (χ2v) is 6.42. The van der Waals surface area contributed by atoms with Gasteiger partial charge in [0.05, 0.1) is 37.9 Å². The summed E-state index contributed by atoms with van der Waals surface area (Å²) in [6, 6.07) is 8.28. The molecule has 4 heteroatoms. The van der Waals surface area contributed by atoms with Crippen molar-refractivity contribution in [1.82, 2.24) is 4.90 Å². The van der Waals surface area contributed by atoms with Crippen molar-refractivity contribution in [3.05, 3.63) is 35.4 Å². The molecule has 2 aliphatic rings. The molecule has 0 saturated carbocycles. The van der Waals surface area contributed by atoms with Crippen LogP contribution in [0.4, 0.5) is 0 Å². The average Bonchev–Trinajstić information content (AvgIpc) is 2.47. The van der Waals surface area contributed by atoms with Crippen molar-refractivity contribution in [3.8, 4) is 0 Å². The molecular weight excluding hydrogens is 266 g/mol. The van der Waals surface area contributed by atoms with Crippen molar-refractivity contribution in [3.63, 3.8) is 0 Å². The molecule has 0 radical (unpaired) electrons. The molecule has 0 aromatic heterocycles. The molecule has 1 unspecified atom stereocenters. The third kappa shape index (κ3) is 2.97. The molecule has 0 bridgehead atoms. The highest BCUT2D eigenvalue weighted by Crippen LogP contribution is 2.31. The number of amides is 1. The molecule has 1 amide bonds. The first-order valence-electron chi connectivity index (χ1n) is 7.65. The van der Waals surface area contributed by atoms with Crippen LogP contribution >= 0.6 is 0 Å². The summed E-state index contributed by atoms with van der Waals surface area (Å²) in [5.41, 5.74) is 2.25. The third-order valence-electron chi connectivity index (χ3n) is 4.40. The summed E-state index contributed by atoms with van der Waals surface area (Å²) in [7, 11) is 0. The van der Waals surface area contributed by atoms with E-state index in [1.807, 2.05) is 17.0 Å². The van der Waals surface area contributed by atoms with Gasteiger partial charge >= 0.3 is 0 Å². The lowest BCUT2D eigenvalue weighted by atomic mass is 9.94. The molecule has 3 rings (SSSR count). The first-order chi connectivity index (χ1) is 10.1. The predicted octanol–water partition coefficient (Wildman–Crippen LogP) is 2.33. The van der Waals surface area contributed by atoms with E-state index in [1.54, 1.807) is 0 Å². The Balaban J connectivity index is 1.74. The largest absolute Gasteiger partial charge is 0.377 e. The standard InChI is InChI=1S/C17H23NO3/c1-17(2)12-20-10-8-18(17)16(19)11-15-14-6-4-3-5-13(14)7-9-21-15/h3-6,15H,7-12H2,1-2H3. The fraction of sp³-hybridized carbons (Fsp3) is 0.588. The van der Waals surface area contributed by atoms with E-state index in [0.29, 0.717) is 32.8 Å². The van der Waals surface area contributed by atoms with Gasteiger partial charge in [-0.05, 0) is 31.4 Å². The van der Waals surface area contributed by atoms with E-state index in [1.165, 1.54) is 11.1 Å². The summed E-state index contributed by atoms with van der Waals surface area (Å²) in [6.07, 6.45) is 1.24. The van der Waals surface area contributed by atoms with Crippen LogP contribution in [0.2, 0.25) is 0 Å². The summed E-state index contributed by atoms with van der Waals surface area (Å²) in [5.74, 6) is 0.157. The Bertz CT molecular complexity index is 527. The van der Waals surface area contributed by atoms with E-state index in [0.717, 1.165) is 6.42 Å². The molecule has 1 atom stereocenters. The summed E-state index contributed by atoms with van der Waals surface area (Å²) in [5, 5.41) is 0. The van der Waals surface area contributed by atoms with Crippen molar-refractivity contribution < 1.29 is 14.3 Å². The zero-order valence-corrected chi connectivity index (χ0v) is 12.8. The summed E-state index contributed by atoms with van der Waals surface area (Å²) in [4.78, 5) is 14.6. The molecule has 0 aliphatic carbocycles. The molecule has 1 aromatic rings. The number of hydrogen-bond acceptors (Lipinski definition) is 3. The highest BCUT2D eigenvalue weighted by molar-refractivity contribution is 5.78. The van der Waals surface area contributed by atoms with Crippen molar-refractivity contribution in [2.75, 3.05) is 26.4 Å². The topological polar surface area (TPSA) is 38.8 Å². The van der Waals surface area contributed by atoms with Gasteiger partial charge in [0, 0.05) is 6.54 Å². The Labute approximate surface area is 126 Å². The lowest BCUT2D eigenvalue weighted by Gasteiger charge is -2.42. The highest BCUT2D eigenvalue weighted by Gasteiger charge is 2.35. The van der Waals surface area contributed by atoms with Crippen molar-refractivity contribution in [2.45, 2.75) is 38.3 Å². The van der Waals surface area contributed by atoms with Crippen molar-refractivity contribution in [2.24, 2.45) is 0 Å². The van der Waals surface area contributed by atoms with E-state index >= 15 is 0 Å². The summed E-state index contributed by atoms with van der Waals surface area (Å²) in [6.45, 7) is 6.69. The van der Waals surface area contributed by atoms with Crippen LogP contribution in [0.15, 0.2) is 24.3 Å². The van der Waals surface area contributed by atoms with Gasteiger partial charge < -0.3 is 14.4 Å². The fourth-order valence-electron chi connectivity index (χ4n) is 3.24. The van der Waals surface area contributed by atoms with Crippen LogP contribution in [0.3, 0.4) is 0 Å². The second-order valence-electron chi connectivity index (χ2n) is 6.42. The maximum absolute atomic E-state index is 12.7. The summed E-state index contributed by atoms with van der Waals surface area (Å²) < 4.78 is 11.3. The Morgan fingerprint density at radius 3 is 2.95 bits per heavy atom. The number of ether oxygens (including phenoxy) is 2. The van der Waals surface area contributed by atoms with Gasteiger partial charge in [0.2, 0.25) is 5.91 Å². The van der Waals surface area contributed by atoms with Crippen LogP contribution in [-0.2, 0) is 20.7 Å². The monoisotopic (exact) mass is 289 g/mol. The first-order valence-corrected chi connectivity index (χ1v) is 7.65.